The van der Waals surface area contributed by atoms with Crippen LogP contribution in [0.25, 0.3) is 0 Å². The molecule has 0 radical (unpaired) electrons. The van der Waals surface area contributed by atoms with Gasteiger partial charge in [0, 0.05) is 0 Å². The molecule has 0 saturated heterocycles. The van der Waals surface area contributed by atoms with Crippen molar-refractivity contribution in [3.63, 3.8) is 0 Å². The molecule has 0 N–H and O–H groups in total. The normalized spacial score (nSPS) is 36.8. The molecular formula is C11H20. The Morgan fingerprint density at radius 1 is 1.18 bits per heavy atom. The zero-order valence-corrected chi connectivity index (χ0v) is 8.11. The van der Waals surface area contributed by atoms with Gasteiger partial charge in [-0.15, -0.1) is 0 Å². The highest BCUT2D eigenvalue weighted by Gasteiger charge is 2.47. The van der Waals surface area contributed by atoms with Gasteiger partial charge in [-0.05, 0) is 48.9 Å². The van der Waals surface area contributed by atoms with Crippen molar-refractivity contribution in [2.75, 3.05) is 0 Å². The van der Waals surface area contributed by atoms with Gasteiger partial charge in [-0.1, -0.05) is 20.8 Å². The SMILES string of the molecule is CC1(CCC2CC2(C)C)CC1. The van der Waals surface area contributed by atoms with Crippen LogP contribution in [0.4, 0.5) is 0 Å². The average molecular weight is 152 g/mol. The second-order valence-electron chi connectivity index (χ2n) is 5.74. The Labute approximate surface area is 70.4 Å². The lowest BCUT2D eigenvalue weighted by atomic mass is 9.98. The molecule has 0 aliphatic heterocycles. The Morgan fingerprint density at radius 2 is 1.73 bits per heavy atom. The van der Waals surface area contributed by atoms with Gasteiger partial charge < -0.3 is 0 Å². The molecule has 2 aliphatic rings. The zero-order valence-electron chi connectivity index (χ0n) is 8.11. The summed E-state index contributed by atoms with van der Waals surface area (Å²) in [5, 5.41) is 0. The maximum absolute atomic E-state index is 2.45. The van der Waals surface area contributed by atoms with Crippen molar-refractivity contribution in [3.8, 4) is 0 Å². The molecule has 11 heavy (non-hydrogen) atoms. The van der Waals surface area contributed by atoms with E-state index in [1.54, 1.807) is 0 Å². The fourth-order valence-corrected chi connectivity index (χ4v) is 2.06. The summed E-state index contributed by atoms with van der Waals surface area (Å²) in [5.41, 5.74) is 1.50. The second kappa shape index (κ2) is 2.02. The van der Waals surface area contributed by atoms with Gasteiger partial charge in [0.15, 0.2) is 0 Å². The lowest BCUT2D eigenvalue weighted by Gasteiger charge is -2.08. The fourth-order valence-electron chi connectivity index (χ4n) is 2.06. The van der Waals surface area contributed by atoms with Gasteiger partial charge in [0.25, 0.3) is 0 Å². The third-order valence-corrected chi connectivity index (χ3v) is 3.92. The number of hydrogen-bond acceptors (Lipinski definition) is 0. The molecule has 1 atom stereocenters. The van der Waals surface area contributed by atoms with Gasteiger partial charge in [0.2, 0.25) is 0 Å². The predicted octanol–water partition coefficient (Wildman–Crippen LogP) is 3.61. The largest absolute Gasteiger partial charge is 0.0596 e. The van der Waals surface area contributed by atoms with Gasteiger partial charge >= 0.3 is 0 Å². The highest BCUT2D eigenvalue weighted by molar-refractivity contribution is 4.97. The number of rotatable bonds is 3. The van der Waals surface area contributed by atoms with E-state index in [9.17, 15) is 0 Å². The molecule has 0 aromatic carbocycles. The Hall–Kier alpha value is 0. The number of hydrogen-bond donors (Lipinski definition) is 0. The van der Waals surface area contributed by atoms with Crippen LogP contribution < -0.4 is 0 Å². The van der Waals surface area contributed by atoms with Crippen LogP contribution in [0.1, 0.15) is 52.9 Å². The van der Waals surface area contributed by atoms with E-state index in [-0.39, 0.29) is 0 Å². The van der Waals surface area contributed by atoms with Crippen LogP contribution in [0.5, 0.6) is 0 Å². The molecule has 0 aromatic rings. The monoisotopic (exact) mass is 152 g/mol. The smallest absolute Gasteiger partial charge is 0.0323 e. The third kappa shape index (κ3) is 1.60. The Morgan fingerprint density at radius 3 is 2.09 bits per heavy atom. The minimum atomic E-state index is 0.714. The van der Waals surface area contributed by atoms with E-state index in [1.807, 2.05) is 0 Å². The van der Waals surface area contributed by atoms with Crippen molar-refractivity contribution in [2.45, 2.75) is 52.9 Å². The van der Waals surface area contributed by atoms with Gasteiger partial charge in [-0.2, -0.15) is 0 Å². The molecule has 2 fully saturated rings. The topological polar surface area (TPSA) is 0 Å². The van der Waals surface area contributed by atoms with Crippen molar-refractivity contribution in [1.82, 2.24) is 0 Å². The zero-order chi connectivity index (χ0) is 8.11. The van der Waals surface area contributed by atoms with Crippen LogP contribution in [0.2, 0.25) is 0 Å². The van der Waals surface area contributed by atoms with E-state index < -0.39 is 0 Å². The van der Waals surface area contributed by atoms with E-state index in [1.165, 1.54) is 32.1 Å². The first kappa shape index (κ1) is 7.64. The van der Waals surface area contributed by atoms with Crippen molar-refractivity contribution in [2.24, 2.45) is 16.7 Å². The summed E-state index contributed by atoms with van der Waals surface area (Å²) in [7, 11) is 0. The molecule has 0 bridgehead atoms. The Bertz CT molecular complexity index is 163. The summed E-state index contributed by atoms with van der Waals surface area (Å²) < 4.78 is 0. The van der Waals surface area contributed by atoms with Crippen molar-refractivity contribution < 1.29 is 0 Å². The molecule has 1 unspecified atom stereocenters. The maximum atomic E-state index is 2.45. The van der Waals surface area contributed by atoms with E-state index in [0.717, 1.165) is 11.3 Å². The Balaban J connectivity index is 1.69. The van der Waals surface area contributed by atoms with E-state index in [2.05, 4.69) is 20.8 Å². The lowest BCUT2D eigenvalue weighted by molar-refractivity contribution is 0.435. The fraction of sp³-hybridized carbons (Fsp3) is 1.00. The quantitative estimate of drug-likeness (QED) is 0.579. The van der Waals surface area contributed by atoms with Gasteiger partial charge in [0.05, 0.1) is 0 Å². The molecule has 0 amide bonds. The van der Waals surface area contributed by atoms with Gasteiger partial charge in [0.1, 0.15) is 0 Å². The second-order valence-corrected chi connectivity index (χ2v) is 5.74. The first-order valence-electron chi connectivity index (χ1n) is 5.02. The molecule has 2 aliphatic carbocycles. The summed E-state index contributed by atoms with van der Waals surface area (Å²) in [5.74, 6) is 1.07. The molecule has 0 heterocycles. The van der Waals surface area contributed by atoms with Crippen LogP contribution in [0.15, 0.2) is 0 Å². The molecule has 0 aromatic heterocycles. The van der Waals surface area contributed by atoms with E-state index in [0.29, 0.717) is 5.41 Å². The molecule has 0 nitrogen and oxygen atoms in total. The molecule has 2 saturated carbocycles. The minimum Gasteiger partial charge on any atom is -0.0596 e. The molecule has 64 valence electrons. The summed E-state index contributed by atoms with van der Waals surface area (Å²) in [6, 6.07) is 0. The van der Waals surface area contributed by atoms with Crippen molar-refractivity contribution in [3.05, 3.63) is 0 Å². The van der Waals surface area contributed by atoms with Gasteiger partial charge in [-0.3, -0.25) is 0 Å². The standard InChI is InChI=1S/C11H20/c1-10(2)8-9(10)4-5-11(3)6-7-11/h9H,4-8H2,1-3H3. The highest BCUT2D eigenvalue weighted by atomic mass is 14.5. The van der Waals surface area contributed by atoms with Gasteiger partial charge in [-0.25, -0.2) is 0 Å². The third-order valence-electron chi connectivity index (χ3n) is 3.92. The summed E-state index contributed by atoms with van der Waals surface area (Å²) >= 11 is 0. The average Bonchev–Trinajstić information content (AvgIpc) is 2.72. The molecular weight excluding hydrogens is 132 g/mol. The lowest BCUT2D eigenvalue weighted by Crippen LogP contribution is -1.96. The summed E-state index contributed by atoms with van der Waals surface area (Å²) in [6.45, 7) is 7.27. The molecule has 2 rings (SSSR count). The van der Waals surface area contributed by atoms with Crippen LogP contribution in [0.3, 0.4) is 0 Å². The summed E-state index contributed by atoms with van der Waals surface area (Å²) in [4.78, 5) is 0. The van der Waals surface area contributed by atoms with Crippen LogP contribution in [-0.4, -0.2) is 0 Å². The first-order valence-corrected chi connectivity index (χ1v) is 5.02. The molecule has 0 heteroatoms. The summed E-state index contributed by atoms with van der Waals surface area (Å²) in [6.07, 6.45) is 7.49. The maximum Gasteiger partial charge on any atom is -0.0323 e. The van der Waals surface area contributed by atoms with Crippen LogP contribution in [-0.2, 0) is 0 Å². The first-order chi connectivity index (χ1) is 5.02. The predicted molar refractivity (Wildman–Crippen MR) is 48.5 cm³/mol. The molecule has 0 spiro atoms. The van der Waals surface area contributed by atoms with Crippen LogP contribution >= 0.6 is 0 Å². The Kier molecular flexibility index (Phi) is 1.41. The van der Waals surface area contributed by atoms with E-state index >= 15 is 0 Å². The van der Waals surface area contributed by atoms with Crippen LogP contribution in [0, 0.1) is 16.7 Å². The van der Waals surface area contributed by atoms with Crippen molar-refractivity contribution in [1.29, 1.82) is 0 Å². The van der Waals surface area contributed by atoms with E-state index in [4.69, 9.17) is 0 Å². The highest BCUT2D eigenvalue weighted by Crippen LogP contribution is 2.58. The van der Waals surface area contributed by atoms with Crippen molar-refractivity contribution >= 4 is 0 Å². The minimum absolute atomic E-state index is 0.714.